The van der Waals surface area contributed by atoms with Crippen LogP contribution in [-0.4, -0.2) is 50.4 Å². The van der Waals surface area contributed by atoms with E-state index in [9.17, 15) is 67.1 Å². The second kappa shape index (κ2) is 27.1. The Balaban J connectivity index is 1.53. The summed E-state index contributed by atoms with van der Waals surface area (Å²) < 4.78 is 182. The zero-order valence-corrected chi connectivity index (χ0v) is 34.9. The Morgan fingerprint density at radius 1 is 0.429 bits per heavy atom. The van der Waals surface area contributed by atoms with Crippen LogP contribution < -0.4 is 9.47 Å². The Morgan fingerprint density at radius 2 is 0.730 bits per heavy atom. The van der Waals surface area contributed by atoms with Gasteiger partial charge in [-0.3, -0.25) is 14.4 Å². The number of benzene rings is 2. The van der Waals surface area contributed by atoms with Crippen molar-refractivity contribution in [2.24, 2.45) is 0 Å². The molecule has 0 spiro atoms. The molecule has 0 N–H and O–H groups in total. The van der Waals surface area contributed by atoms with Crippen molar-refractivity contribution < 1.29 is 90.8 Å². The number of unbranched alkanes of at least 4 members (excludes halogenated alkanes) is 14. The van der Waals surface area contributed by atoms with E-state index in [1.807, 2.05) is 0 Å². The first-order chi connectivity index (χ1) is 29.4. The van der Waals surface area contributed by atoms with Crippen molar-refractivity contribution in [2.45, 2.75) is 153 Å². The summed E-state index contributed by atoms with van der Waals surface area (Å²) in [7, 11) is 0. The number of esters is 3. The summed E-state index contributed by atoms with van der Waals surface area (Å²) in [5.74, 6) is -2.70. The molecule has 2 aromatic rings. The lowest BCUT2D eigenvalue weighted by Gasteiger charge is -2.18. The fourth-order valence-electron chi connectivity index (χ4n) is 6.09. The molecule has 0 heterocycles. The maximum absolute atomic E-state index is 13.0. The fraction of sp³-hybridized carbons (Fsp3) is 0.651. The van der Waals surface area contributed by atoms with Gasteiger partial charge < -0.3 is 23.7 Å². The summed E-state index contributed by atoms with van der Waals surface area (Å²) in [5, 5.41) is 0. The Labute approximate surface area is 358 Å². The topological polar surface area (TPSA) is 97.4 Å². The fourth-order valence-corrected chi connectivity index (χ4v) is 6.09. The van der Waals surface area contributed by atoms with Gasteiger partial charge in [-0.25, -0.2) is 0 Å². The molecule has 2 aromatic carbocycles. The third-order valence-corrected chi connectivity index (χ3v) is 9.41. The SMILES string of the molecule is CC(=O)OCC(COC(=O)CCCCCCCCCCOc1cc(C(F)(F)F)cc(C(F)(F)F)c1)OC(=O)CCCCCCCCCCOc1cc(C(F)(F)F)cc(C(F)(F)F)c1. The van der Waals surface area contributed by atoms with Gasteiger partial charge in [0.15, 0.2) is 6.10 Å². The second-order valence-corrected chi connectivity index (χ2v) is 14.9. The van der Waals surface area contributed by atoms with E-state index < -0.39 is 82.5 Å². The van der Waals surface area contributed by atoms with Crippen LogP contribution in [0.4, 0.5) is 52.7 Å². The van der Waals surface area contributed by atoms with Crippen LogP contribution in [0.15, 0.2) is 36.4 Å². The van der Waals surface area contributed by atoms with Crippen molar-refractivity contribution in [3.05, 3.63) is 58.7 Å². The maximum atomic E-state index is 13.0. The van der Waals surface area contributed by atoms with Crippen LogP contribution >= 0.6 is 0 Å². The van der Waals surface area contributed by atoms with Crippen molar-refractivity contribution in [1.82, 2.24) is 0 Å². The number of carbonyl (C=O) groups excluding carboxylic acids is 3. The molecule has 1 unspecified atom stereocenters. The average molecular weight is 927 g/mol. The molecule has 20 heteroatoms. The van der Waals surface area contributed by atoms with E-state index in [1.165, 1.54) is 6.92 Å². The van der Waals surface area contributed by atoms with Gasteiger partial charge in [0.2, 0.25) is 0 Å². The van der Waals surface area contributed by atoms with E-state index in [-0.39, 0.29) is 51.4 Å². The van der Waals surface area contributed by atoms with E-state index in [2.05, 4.69) is 0 Å². The molecule has 0 radical (unpaired) electrons. The van der Waals surface area contributed by atoms with Crippen molar-refractivity contribution in [3.63, 3.8) is 0 Å². The lowest BCUT2D eigenvalue weighted by molar-refractivity contribution is -0.166. The average Bonchev–Trinajstić information content (AvgIpc) is 3.18. The van der Waals surface area contributed by atoms with E-state index in [1.54, 1.807) is 0 Å². The number of ether oxygens (including phenoxy) is 5. The predicted molar refractivity (Wildman–Crippen MR) is 204 cm³/mol. The Kier molecular flexibility index (Phi) is 23.5. The summed E-state index contributed by atoms with van der Waals surface area (Å²) >= 11 is 0. The molecule has 0 aliphatic carbocycles. The van der Waals surface area contributed by atoms with Gasteiger partial charge >= 0.3 is 42.6 Å². The van der Waals surface area contributed by atoms with Gasteiger partial charge in [0.05, 0.1) is 35.5 Å². The lowest BCUT2D eigenvalue weighted by Crippen LogP contribution is -2.30. The second-order valence-electron chi connectivity index (χ2n) is 14.9. The summed E-state index contributed by atoms with van der Waals surface area (Å²) in [5.41, 5.74) is -5.76. The summed E-state index contributed by atoms with van der Waals surface area (Å²) in [6.07, 6.45) is -9.51. The van der Waals surface area contributed by atoms with E-state index in [0.29, 0.717) is 69.2 Å². The first-order valence-corrected chi connectivity index (χ1v) is 20.8. The smallest absolute Gasteiger partial charge is 0.416 e. The molecular formula is C43H54F12O8. The molecule has 0 aromatic heterocycles. The molecule has 2 rings (SSSR count). The molecule has 0 fully saturated rings. The number of hydrogen-bond donors (Lipinski definition) is 0. The lowest BCUT2D eigenvalue weighted by atomic mass is 10.1. The van der Waals surface area contributed by atoms with E-state index >= 15 is 0 Å². The minimum absolute atomic E-state index is 0.0410. The van der Waals surface area contributed by atoms with Crippen LogP contribution in [0.3, 0.4) is 0 Å². The van der Waals surface area contributed by atoms with Gasteiger partial charge in [-0.05, 0) is 62.1 Å². The number of carbonyl (C=O) groups is 3. The van der Waals surface area contributed by atoms with Gasteiger partial charge in [0.1, 0.15) is 24.7 Å². The van der Waals surface area contributed by atoms with Crippen LogP contribution in [0.25, 0.3) is 0 Å². The van der Waals surface area contributed by atoms with E-state index in [4.69, 9.17) is 23.7 Å². The highest BCUT2D eigenvalue weighted by Gasteiger charge is 2.38. The minimum Gasteiger partial charge on any atom is -0.494 e. The van der Waals surface area contributed by atoms with Gasteiger partial charge in [-0.2, -0.15) is 52.7 Å². The highest BCUT2D eigenvalue weighted by Crippen LogP contribution is 2.39. The van der Waals surface area contributed by atoms with Crippen molar-refractivity contribution in [1.29, 1.82) is 0 Å². The Bertz CT molecular complexity index is 1610. The Hall–Kier alpha value is -4.39. The molecule has 0 saturated carbocycles. The molecule has 358 valence electrons. The van der Waals surface area contributed by atoms with Crippen LogP contribution in [0.5, 0.6) is 11.5 Å². The monoisotopic (exact) mass is 926 g/mol. The number of rotatable bonds is 29. The molecule has 0 bridgehead atoms. The summed E-state index contributed by atoms with van der Waals surface area (Å²) in [6.45, 7) is 0.480. The number of halogens is 12. The first-order valence-electron chi connectivity index (χ1n) is 20.8. The summed E-state index contributed by atoms with van der Waals surface area (Å²) in [4.78, 5) is 36.0. The van der Waals surface area contributed by atoms with Gasteiger partial charge in [-0.15, -0.1) is 0 Å². The van der Waals surface area contributed by atoms with Crippen LogP contribution in [-0.2, 0) is 53.3 Å². The molecule has 0 aliphatic heterocycles. The van der Waals surface area contributed by atoms with Gasteiger partial charge in [-0.1, -0.05) is 77.0 Å². The highest BCUT2D eigenvalue weighted by atomic mass is 19.4. The van der Waals surface area contributed by atoms with Crippen molar-refractivity contribution in [2.75, 3.05) is 26.4 Å². The van der Waals surface area contributed by atoms with E-state index in [0.717, 1.165) is 57.8 Å². The molecule has 0 aliphatic rings. The molecule has 0 saturated heterocycles. The maximum Gasteiger partial charge on any atom is 0.416 e. The zero-order chi connectivity index (χ0) is 47.1. The standard InChI is InChI=1S/C43H54F12O8/c1-30(56)61-28-37(63-39(58)19-15-11-7-3-5-9-13-17-21-60-36-26-33(42(50,51)52)23-34(27-36)43(53,54)55)29-62-38(57)18-14-10-6-2-4-8-12-16-20-59-35-24-31(40(44,45)46)22-32(25-35)41(47,48)49/h22-27,37H,2-21,28-29H2,1H3. The molecule has 8 nitrogen and oxygen atoms in total. The molecule has 1 atom stereocenters. The van der Waals surface area contributed by atoms with Gasteiger partial charge in [0, 0.05) is 19.8 Å². The molecule has 0 amide bonds. The van der Waals surface area contributed by atoms with Crippen LogP contribution in [0, 0.1) is 0 Å². The largest absolute Gasteiger partial charge is 0.494 e. The van der Waals surface area contributed by atoms with Crippen LogP contribution in [0.1, 0.15) is 145 Å². The van der Waals surface area contributed by atoms with Crippen LogP contribution in [0.2, 0.25) is 0 Å². The van der Waals surface area contributed by atoms with Crippen molar-refractivity contribution in [3.8, 4) is 11.5 Å². The summed E-state index contributed by atoms with van der Waals surface area (Å²) in [6, 6.07) is 2.25. The first kappa shape index (κ1) is 54.7. The zero-order valence-electron chi connectivity index (χ0n) is 34.9. The number of alkyl halides is 12. The predicted octanol–water partition coefficient (Wildman–Crippen LogP) is 13.3. The van der Waals surface area contributed by atoms with Gasteiger partial charge in [0.25, 0.3) is 0 Å². The third-order valence-electron chi connectivity index (χ3n) is 9.41. The minimum atomic E-state index is -4.95. The quantitative estimate of drug-likeness (QED) is 0.0344. The third kappa shape index (κ3) is 24.3. The highest BCUT2D eigenvalue weighted by molar-refractivity contribution is 5.70. The van der Waals surface area contributed by atoms with Crippen molar-refractivity contribution >= 4 is 17.9 Å². The number of hydrogen-bond acceptors (Lipinski definition) is 8. The molecular weight excluding hydrogens is 872 g/mol. The molecule has 63 heavy (non-hydrogen) atoms. The normalized spacial score (nSPS) is 12.8. The Morgan fingerprint density at radius 3 is 1.06 bits per heavy atom.